The lowest BCUT2D eigenvalue weighted by Crippen LogP contribution is -2.57. The molecule has 12 heteroatoms. The van der Waals surface area contributed by atoms with Gasteiger partial charge in [0.05, 0.1) is 24.0 Å². The monoisotopic (exact) mass is 820 g/mol. The number of fused-ring (bicyclic) bond motifs is 1. The first-order valence-corrected chi connectivity index (χ1v) is 20.6. The first-order chi connectivity index (χ1) is 26.6. The second kappa shape index (κ2) is 19.2. The Labute approximate surface area is 334 Å². The summed E-state index contributed by atoms with van der Waals surface area (Å²) >= 11 is 3.78. The maximum atomic E-state index is 15.1. The van der Waals surface area contributed by atoms with Gasteiger partial charge < -0.3 is 34.6 Å². The molecule has 5 rings (SSSR count). The van der Waals surface area contributed by atoms with Crippen molar-refractivity contribution in [3.8, 4) is 0 Å². The van der Waals surface area contributed by atoms with Crippen LogP contribution in [0.2, 0.25) is 0 Å². The minimum atomic E-state index is -1.28. The van der Waals surface area contributed by atoms with Crippen LogP contribution in [0.1, 0.15) is 77.4 Å². The molecule has 298 valence electrons. The van der Waals surface area contributed by atoms with Crippen LogP contribution in [-0.4, -0.2) is 95.1 Å². The van der Waals surface area contributed by atoms with E-state index in [2.05, 4.69) is 53.2 Å². The Balaban J connectivity index is 1.49. The number of nitrogens with one attached hydrogen (secondary N) is 1. The zero-order chi connectivity index (χ0) is 39.7. The lowest BCUT2D eigenvalue weighted by Gasteiger charge is -2.37. The van der Waals surface area contributed by atoms with E-state index in [4.69, 9.17) is 9.47 Å². The third-order valence-electron chi connectivity index (χ3n) is 11.3. The molecule has 1 spiro atoms. The van der Waals surface area contributed by atoms with Gasteiger partial charge in [0, 0.05) is 55.4 Å². The maximum absolute atomic E-state index is 15.1. The van der Waals surface area contributed by atoms with Gasteiger partial charge >= 0.3 is 5.97 Å². The fourth-order valence-electron chi connectivity index (χ4n) is 8.64. The van der Waals surface area contributed by atoms with Gasteiger partial charge in [0.25, 0.3) is 5.91 Å². The molecule has 1 unspecified atom stereocenters. The summed E-state index contributed by atoms with van der Waals surface area (Å²) in [7, 11) is 0. The fraction of sp³-hybridized carbons (Fsp3) is 0.535. The molecule has 55 heavy (non-hydrogen) atoms. The standard InChI is InChI=1S/C43H57BrN4O7/c1-6-10-20-34(50)45-29(5)37(30-18-14-13-15-19-30)54-42(53)35-36-40(51)48(26-16-11-12-17-27-49)39(43(36)28-33(44)38(35)55-43)41(52)47(25-7-2)32-23-21-31(22-24-32)46(8-3)9-4/h6-7,13-15,18-19,21-24,29,33,35-39,49H,1-2,8-12,16-17,20,25-28H2,3-5H3,(H,45,50)/t29-,33?,35+,36-,37-,38+,39+,43-/m1/s1. The van der Waals surface area contributed by atoms with Crippen LogP contribution in [0.25, 0.3) is 0 Å². The van der Waals surface area contributed by atoms with Crippen LogP contribution in [-0.2, 0) is 28.7 Å². The predicted molar refractivity (Wildman–Crippen MR) is 218 cm³/mol. The van der Waals surface area contributed by atoms with Gasteiger partial charge in [-0.3, -0.25) is 19.2 Å². The summed E-state index contributed by atoms with van der Waals surface area (Å²) in [5, 5.41) is 12.3. The molecule has 3 aliphatic heterocycles. The van der Waals surface area contributed by atoms with Crippen LogP contribution in [0.15, 0.2) is 79.9 Å². The number of nitrogens with zero attached hydrogens (tertiary/aromatic N) is 3. The number of ether oxygens (including phenoxy) is 2. The summed E-state index contributed by atoms with van der Waals surface area (Å²) in [6.45, 7) is 15.9. The van der Waals surface area contributed by atoms with Crippen molar-refractivity contribution in [1.29, 1.82) is 0 Å². The Kier molecular flexibility index (Phi) is 14.7. The van der Waals surface area contributed by atoms with Gasteiger partial charge in [0.2, 0.25) is 11.8 Å². The Morgan fingerprint density at radius 1 is 1.04 bits per heavy atom. The number of amides is 3. The lowest BCUT2D eigenvalue weighted by molar-refractivity contribution is -0.162. The SMILES string of the molecule is C=CCCC(=O)N[C@H](C)[C@@H](OC(=O)[C@@H]1[C@H]2O[C@@]3(CC2Br)[C@H](C(=O)N(CC=C)c2ccc(N(CC)CC)cc2)N(CCCCCCO)C(=O)[C@@H]13)c1ccccc1. The molecule has 3 aliphatic rings. The molecule has 2 aromatic carbocycles. The van der Waals surface area contributed by atoms with Gasteiger partial charge in [0.1, 0.15) is 17.7 Å². The summed E-state index contributed by atoms with van der Waals surface area (Å²) < 4.78 is 13.1. The zero-order valence-corrected chi connectivity index (χ0v) is 34.0. The number of likely N-dealkylation sites (tertiary alicyclic amines) is 1. The number of esters is 1. The van der Waals surface area contributed by atoms with Crippen LogP contribution in [0.4, 0.5) is 11.4 Å². The minimum Gasteiger partial charge on any atom is -0.455 e. The Hall–Kier alpha value is -4.00. The molecule has 2 N–H and O–H groups in total. The van der Waals surface area contributed by atoms with Crippen LogP contribution in [0.3, 0.4) is 0 Å². The number of anilines is 2. The van der Waals surface area contributed by atoms with E-state index in [1.54, 1.807) is 28.9 Å². The molecule has 0 aliphatic carbocycles. The van der Waals surface area contributed by atoms with Gasteiger partial charge in [-0.15, -0.1) is 13.2 Å². The van der Waals surface area contributed by atoms with Crippen molar-refractivity contribution >= 4 is 51.0 Å². The molecule has 2 aromatic rings. The molecule has 3 fully saturated rings. The van der Waals surface area contributed by atoms with E-state index < -0.39 is 47.7 Å². The van der Waals surface area contributed by atoms with Gasteiger partial charge in [-0.1, -0.05) is 71.3 Å². The molecule has 3 amide bonds. The van der Waals surface area contributed by atoms with Gasteiger partial charge in [-0.25, -0.2) is 0 Å². The van der Waals surface area contributed by atoms with E-state index >= 15 is 4.79 Å². The Morgan fingerprint density at radius 2 is 1.71 bits per heavy atom. The summed E-state index contributed by atoms with van der Waals surface area (Å²) in [4.78, 5) is 62.4. The Morgan fingerprint density at radius 3 is 2.35 bits per heavy atom. The van der Waals surface area contributed by atoms with Crippen molar-refractivity contribution in [1.82, 2.24) is 10.2 Å². The number of benzene rings is 2. The highest BCUT2D eigenvalue weighted by atomic mass is 79.9. The molecule has 3 heterocycles. The normalized spacial score (nSPS) is 24.9. The third kappa shape index (κ3) is 8.86. The molecule has 3 saturated heterocycles. The molecule has 0 aromatic heterocycles. The summed E-state index contributed by atoms with van der Waals surface area (Å²) in [5.74, 6) is -3.34. The number of hydrogen-bond acceptors (Lipinski definition) is 8. The second-order valence-electron chi connectivity index (χ2n) is 14.7. The van der Waals surface area contributed by atoms with E-state index in [1.165, 1.54) is 0 Å². The highest BCUT2D eigenvalue weighted by Gasteiger charge is 2.77. The van der Waals surface area contributed by atoms with Crippen LogP contribution in [0.5, 0.6) is 0 Å². The number of halogens is 1. The van der Waals surface area contributed by atoms with Crippen LogP contribution >= 0.6 is 15.9 Å². The number of rotatable bonds is 21. The molecule has 2 bridgehead atoms. The number of allylic oxidation sites excluding steroid dienone is 1. The highest BCUT2D eigenvalue weighted by Crippen LogP contribution is 2.60. The van der Waals surface area contributed by atoms with Crippen molar-refractivity contribution in [3.63, 3.8) is 0 Å². The van der Waals surface area contributed by atoms with E-state index in [9.17, 15) is 19.5 Å². The predicted octanol–water partition coefficient (Wildman–Crippen LogP) is 6.11. The molecule has 0 radical (unpaired) electrons. The van der Waals surface area contributed by atoms with E-state index in [1.807, 2.05) is 54.6 Å². The number of aliphatic hydroxyl groups excluding tert-OH is 1. The zero-order valence-electron chi connectivity index (χ0n) is 32.4. The quantitative estimate of drug-likeness (QED) is 0.0669. The van der Waals surface area contributed by atoms with Crippen molar-refractivity contribution in [2.45, 2.75) is 100 Å². The number of carbonyl (C=O) groups excluding carboxylic acids is 4. The van der Waals surface area contributed by atoms with Crippen molar-refractivity contribution < 1.29 is 33.8 Å². The summed E-state index contributed by atoms with van der Waals surface area (Å²) in [6, 6.07) is 15.5. The van der Waals surface area contributed by atoms with Crippen molar-refractivity contribution in [2.24, 2.45) is 11.8 Å². The van der Waals surface area contributed by atoms with Crippen molar-refractivity contribution in [2.75, 3.05) is 42.6 Å². The highest BCUT2D eigenvalue weighted by molar-refractivity contribution is 9.09. The van der Waals surface area contributed by atoms with Gasteiger partial charge in [-0.2, -0.15) is 0 Å². The molecule has 11 nitrogen and oxygen atoms in total. The average molecular weight is 822 g/mol. The fourth-order valence-corrected chi connectivity index (χ4v) is 9.58. The summed E-state index contributed by atoms with van der Waals surface area (Å²) in [6.07, 6.45) is 5.73. The number of carbonyl (C=O) groups is 4. The minimum absolute atomic E-state index is 0.0886. The number of hydrogen-bond donors (Lipinski definition) is 2. The molecule has 8 atom stereocenters. The molecule has 0 saturated carbocycles. The largest absolute Gasteiger partial charge is 0.455 e. The smallest absolute Gasteiger partial charge is 0.313 e. The van der Waals surface area contributed by atoms with Crippen LogP contribution in [0, 0.1) is 11.8 Å². The molecular weight excluding hydrogens is 764 g/mol. The van der Waals surface area contributed by atoms with Gasteiger partial charge in [-0.05, 0) is 76.3 Å². The third-order valence-corrected chi connectivity index (χ3v) is 12.1. The first kappa shape index (κ1) is 42.1. The average Bonchev–Trinajstić information content (AvgIpc) is 3.78. The number of aliphatic hydroxyl groups is 1. The van der Waals surface area contributed by atoms with E-state index in [0.717, 1.165) is 31.6 Å². The molecular formula is C43H57BrN4O7. The topological polar surface area (TPSA) is 129 Å². The Bertz CT molecular complexity index is 1650. The van der Waals surface area contributed by atoms with Crippen molar-refractivity contribution in [3.05, 3.63) is 85.5 Å². The van der Waals surface area contributed by atoms with E-state index in [0.29, 0.717) is 43.5 Å². The first-order valence-electron chi connectivity index (χ1n) is 19.7. The number of unbranched alkanes of at least 4 members (excludes halogenated alkanes) is 3. The maximum Gasteiger partial charge on any atom is 0.313 e. The number of alkyl halides is 1. The lowest BCUT2D eigenvalue weighted by atomic mass is 9.70. The summed E-state index contributed by atoms with van der Waals surface area (Å²) in [5.41, 5.74) is 1.13. The van der Waals surface area contributed by atoms with Gasteiger partial charge in [0.15, 0.2) is 0 Å². The van der Waals surface area contributed by atoms with E-state index in [-0.39, 0.29) is 42.1 Å². The van der Waals surface area contributed by atoms with Crippen LogP contribution < -0.4 is 15.1 Å². The second-order valence-corrected chi connectivity index (χ2v) is 15.9.